The van der Waals surface area contributed by atoms with Gasteiger partial charge in [-0.3, -0.25) is 4.79 Å². The van der Waals surface area contributed by atoms with Crippen LogP contribution in [0.2, 0.25) is 0 Å². The quantitative estimate of drug-likeness (QED) is 0.609. The van der Waals surface area contributed by atoms with Crippen molar-refractivity contribution >= 4 is 17.5 Å². The van der Waals surface area contributed by atoms with Crippen LogP contribution in [0, 0.1) is 6.92 Å². The third-order valence-electron chi connectivity index (χ3n) is 2.61. The van der Waals surface area contributed by atoms with Gasteiger partial charge in [0.2, 0.25) is 0 Å². The number of thioether (sulfide) groups is 1. The Morgan fingerprint density at radius 2 is 2.06 bits per heavy atom. The Bertz CT molecular complexity index is 531. The highest BCUT2D eigenvalue weighted by Gasteiger charge is 2.08. The summed E-state index contributed by atoms with van der Waals surface area (Å²) >= 11 is 1.60. The molecular weight excluding hydrogens is 230 g/mol. The van der Waals surface area contributed by atoms with Crippen LogP contribution >= 0.6 is 11.8 Å². The van der Waals surface area contributed by atoms with Gasteiger partial charge in [0.15, 0.2) is 5.78 Å². The second-order valence-corrected chi connectivity index (χ2v) is 5.06. The van der Waals surface area contributed by atoms with E-state index in [1.54, 1.807) is 11.8 Å². The molecule has 1 heterocycles. The van der Waals surface area contributed by atoms with Crippen molar-refractivity contribution < 1.29 is 4.79 Å². The second-order valence-electron chi connectivity index (χ2n) is 4.04. The lowest BCUT2D eigenvalue weighted by Crippen LogP contribution is -2.01. The van der Waals surface area contributed by atoms with Gasteiger partial charge >= 0.3 is 0 Å². The molecule has 2 rings (SSSR count). The van der Waals surface area contributed by atoms with Crippen LogP contribution in [-0.4, -0.2) is 16.1 Å². The van der Waals surface area contributed by atoms with E-state index in [0.29, 0.717) is 5.75 Å². The van der Waals surface area contributed by atoms with E-state index in [0.717, 1.165) is 5.56 Å². The Balaban J connectivity index is 1.99. The van der Waals surface area contributed by atoms with E-state index in [-0.39, 0.29) is 5.78 Å². The molecule has 1 aromatic carbocycles. The smallest absolute Gasteiger partial charge is 0.174 e. The van der Waals surface area contributed by atoms with Crippen molar-refractivity contribution in [3.05, 3.63) is 53.9 Å². The number of nitrogens with zero attached hydrogens (tertiary/aromatic N) is 1. The predicted molar refractivity (Wildman–Crippen MR) is 71.6 cm³/mol. The number of carbonyl (C=O) groups excluding carboxylic acids is 1. The number of benzene rings is 1. The van der Waals surface area contributed by atoms with E-state index < -0.39 is 0 Å². The number of ketones is 1. The van der Waals surface area contributed by atoms with Crippen LogP contribution in [0.1, 0.15) is 15.9 Å². The molecule has 0 aliphatic heterocycles. The van der Waals surface area contributed by atoms with Crippen LogP contribution in [-0.2, 0) is 7.05 Å². The van der Waals surface area contributed by atoms with Gasteiger partial charge in [0.1, 0.15) is 0 Å². The van der Waals surface area contributed by atoms with Gasteiger partial charge in [-0.15, -0.1) is 11.8 Å². The van der Waals surface area contributed by atoms with Gasteiger partial charge in [-0.25, -0.2) is 0 Å². The number of hydrogen-bond donors (Lipinski definition) is 0. The summed E-state index contributed by atoms with van der Waals surface area (Å²) in [6, 6.07) is 10.00. The number of aromatic nitrogens is 1. The van der Waals surface area contributed by atoms with Gasteiger partial charge in [0.25, 0.3) is 0 Å². The largest absolute Gasteiger partial charge is 0.357 e. The molecule has 17 heavy (non-hydrogen) atoms. The van der Waals surface area contributed by atoms with E-state index in [9.17, 15) is 4.79 Å². The average molecular weight is 245 g/mol. The monoisotopic (exact) mass is 245 g/mol. The van der Waals surface area contributed by atoms with Gasteiger partial charge in [-0.05, 0) is 24.6 Å². The van der Waals surface area contributed by atoms with Crippen molar-refractivity contribution in [1.29, 1.82) is 0 Å². The Kier molecular flexibility index (Phi) is 3.69. The van der Waals surface area contributed by atoms with Gasteiger partial charge in [-0.1, -0.05) is 18.2 Å². The number of rotatable bonds is 4. The minimum atomic E-state index is 0.179. The first-order valence-corrected chi connectivity index (χ1v) is 6.49. The zero-order valence-corrected chi connectivity index (χ0v) is 10.8. The predicted octanol–water partition coefficient (Wildman–Crippen LogP) is 3.31. The van der Waals surface area contributed by atoms with Gasteiger partial charge in [-0.2, -0.15) is 0 Å². The molecule has 1 aromatic heterocycles. The first-order chi connectivity index (χ1) is 8.16. The molecule has 0 amide bonds. The third kappa shape index (κ3) is 3.01. The molecule has 0 fully saturated rings. The van der Waals surface area contributed by atoms with Gasteiger partial charge in [0, 0.05) is 29.9 Å². The first kappa shape index (κ1) is 12.0. The fraction of sp³-hybridized carbons (Fsp3) is 0.214. The molecule has 2 aromatic rings. The van der Waals surface area contributed by atoms with E-state index in [2.05, 4.69) is 19.1 Å². The van der Waals surface area contributed by atoms with Crippen LogP contribution in [0.25, 0.3) is 0 Å². The highest BCUT2D eigenvalue weighted by Crippen LogP contribution is 2.22. The lowest BCUT2D eigenvalue weighted by molar-refractivity contribution is 0.102. The van der Waals surface area contributed by atoms with E-state index >= 15 is 0 Å². The molecule has 0 bridgehead atoms. The molecule has 0 N–H and O–H groups in total. The standard InChI is InChI=1S/C14H15NOS/c1-11-5-3-4-6-14(11)17-10-13(16)12-7-8-15(2)9-12/h3-9H,10H2,1-2H3. The molecule has 0 saturated carbocycles. The summed E-state index contributed by atoms with van der Waals surface area (Å²) in [5.74, 6) is 0.674. The molecule has 0 unspecified atom stereocenters. The molecule has 2 nitrogen and oxygen atoms in total. The normalized spacial score (nSPS) is 10.5. The van der Waals surface area contributed by atoms with E-state index in [1.165, 1.54) is 10.5 Å². The maximum absolute atomic E-state index is 11.9. The van der Waals surface area contributed by atoms with Crippen molar-refractivity contribution in [3.63, 3.8) is 0 Å². The second kappa shape index (κ2) is 5.23. The molecule has 3 heteroatoms. The van der Waals surface area contributed by atoms with Crippen molar-refractivity contribution in [1.82, 2.24) is 4.57 Å². The highest BCUT2D eigenvalue weighted by molar-refractivity contribution is 8.00. The molecule has 0 spiro atoms. The molecule has 0 radical (unpaired) electrons. The SMILES string of the molecule is Cc1ccccc1SCC(=O)c1ccn(C)c1. The summed E-state index contributed by atoms with van der Waals surface area (Å²) in [5, 5.41) is 0. The lowest BCUT2D eigenvalue weighted by Gasteiger charge is -2.03. The minimum Gasteiger partial charge on any atom is -0.357 e. The summed E-state index contributed by atoms with van der Waals surface area (Å²) in [6.07, 6.45) is 3.76. The van der Waals surface area contributed by atoms with Crippen LogP contribution in [0.15, 0.2) is 47.6 Å². The third-order valence-corrected chi connectivity index (χ3v) is 3.78. The Morgan fingerprint density at radius 3 is 2.71 bits per heavy atom. The topological polar surface area (TPSA) is 22.0 Å². The van der Waals surface area contributed by atoms with Crippen molar-refractivity contribution in [2.24, 2.45) is 7.05 Å². The number of aryl methyl sites for hydroxylation is 2. The van der Waals surface area contributed by atoms with Gasteiger partial charge in [0.05, 0.1) is 5.75 Å². The molecule has 88 valence electrons. The zero-order chi connectivity index (χ0) is 12.3. The Morgan fingerprint density at radius 1 is 1.29 bits per heavy atom. The number of Topliss-reactive ketones (excluding diaryl/α,β-unsaturated/α-hetero) is 1. The molecule has 0 aliphatic rings. The first-order valence-electron chi connectivity index (χ1n) is 5.50. The van der Waals surface area contributed by atoms with Crippen LogP contribution in [0.3, 0.4) is 0 Å². The van der Waals surface area contributed by atoms with E-state index in [1.807, 2.05) is 42.2 Å². The molecule has 0 saturated heterocycles. The van der Waals surface area contributed by atoms with Crippen LogP contribution in [0.5, 0.6) is 0 Å². The number of carbonyl (C=O) groups is 1. The number of hydrogen-bond acceptors (Lipinski definition) is 2. The zero-order valence-electron chi connectivity index (χ0n) is 10.0. The van der Waals surface area contributed by atoms with E-state index in [4.69, 9.17) is 0 Å². The van der Waals surface area contributed by atoms with Crippen molar-refractivity contribution in [3.8, 4) is 0 Å². The maximum Gasteiger partial charge on any atom is 0.174 e. The summed E-state index contributed by atoms with van der Waals surface area (Å²) in [7, 11) is 1.92. The summed E-state index contributed by atoms with van der Waals surface area (Å²) in [6.45, 7) is 2.06. The highest BCUT2D eigenvalue weighted by atomic mass is 32.2. The average Bonchev–Trinajstić information content (AvgIpc) is 2.74. The summed E-state index contributed by atoms with van der Waals surface area (Å²) in [4.78, 5) is 13.1. The minimum absolute atomic E-state index is 0.179. The molecular formula is C14H15NOS. The van der Waals surface area contributed by atoms with Crippen LogP contribution < -0.4 is 0 Å². The fourth-order valence-electron chi connectivity index (χ4n) is 1.61. The summed E-state index contributed by atoms with van der Waals surface area (Å²) in [5.41, 5.74) is 2.01. The van der Waals surface area contributed by atoms with Crippen molar-refractivity contribution in [2.45, 2.75) is 11.8 Å². The van der Waals surface area contributed by atoms with Crippen molar-refractivity contribution in [2.75, 3.05) is 5.75 Å². The Labute approximate surface area is 106 Å². The molecule has 0 atom stereocenters. The van der Waals surface area contributed by atoms with Gasteiger partial charge < -0.3 is 4.57 Å². The molecule has 0 aliphatic carbocycles. The summed E-state index contributed by atoms with van der Waals surface area (Å²) < 4.78 is 1.89. The Hall–Kier alpha value is -1.48. The van der Waals surface area contributed by atoms with Crippen LogP contribution in [0.4, 0.5) is 0 Å². The lowest BCUT2D eigenvalue weighted by atomic mass is 10.2. The maximum atomic E-state index is 11.9. The fourth-order valence-corrected chi connectivity index (χ4v) is 2.54.